The largest absolute Gasteiger partial charge is 0.481 e. The summed E-state index contributed by atoms with van der Waals surface area (Å²) in [5, 5.41) is 3.38. The Hall–Kier alpha value is -3.49. The van der Waals surface area contributed by atoms with Crippen molar-refractivity contribution in [2.24, 2.45) is 29.1 Å². The molecule has 7 nitrogen and oxygen atoms in total. The van der Waals surface area contributed by atoms with Crippen LogP contribution < -0.4 is 10.1 Å². The number of hydrogen-bond donors (Lipinski definition) is 1. The fourth-order valence-electron chi connectivity index (χ4n) is 8.47. The standard InChI is InChI=1S/C38H45BN2O5/c1-37(2)28-23-32(37)38(3)33(24-28)45-39(46-38)34(21-26-14-10-15-26)41-35(43)27(20-25-12-6-4-7-13-25)22-31(42)30-18-11-19-40-36(30)44-29-16-8-5-9-17-29/h4-9,11-13,16-19,26-28,32-34H,10,14-15,20-24H2,1-3H3,(H,41,43)/t27-,28+,32+,33-,34+,38+/m1/s1. The molecule has 2 aromatic carbocycles. The fraction of sp³-hybridized carbons (Fsp3) is 0.500. The molecule has 46 heavy (non-hydrogen) atoms. The molecule has 4 aliphatic carbocycles. The summed E-state index contributed by atoms with van der Waals surface area (Å²) in [7, 11) is -0.494. The van der Waals surface area contributed by atoms with Crippen molar-refractivity contribution in [3.05, 3.63) is 90.1 Å². The highest BCUT2D eigenvalue weighted by Crippen LogP contribution is 2.65. The highest BCUT2D eigenvalue weighted by molar-refractivity contribution is 6.47. The molecule has 5 fully saturated rings. The van der Waals surface area contributed by atoms with Gasteiger partial charge in [0.2, 0.25) is 11.8 Å². The smallest absolute Gasteiger partial charge is 0.438 e. The molecule has 2 heterocycles. The Morgan fingerprint density at radius 2 is 1.74 bits per heavy atom. The first-order valence-corrected chi connectivity index (χ1v) is 17.1. The van der Waals surface area contributed by atoms with E-state index in [2.05, 4.69) is 31.1 Å². The number of carbonyl (C=O) groups excluding carboxylic acids is 2. The van der Waals surface area contributed by atoms with Crippen LogP contribution in [0.15, 0.2) is 79.0 Å². The summed E-state index contributed by atoms with van der Waals surface area (Å²) in [6.45, 7) is 6.95. The Bertz CT molecular complexity index is 1550. The van der Waals surface area contributed by atoms with Crippen LogP contribution in [0.1, 0.15) is 81.6 Å². The summed E-state index contributed by atoms with van der Waals surface area (Å²) in [5.41, 5.74) is 1.27. The maximum Gasteiger partial charge on any atom is 0.481 e. The number of rotatable bonds is 12. The van der Waals surface area contributed by atoms with Gasteiger partial charge in [-0.15, -0.1) is 0 Å². The number of ketones is 1. The van der Waals surface area contributed by atoms with E-state index in [-0.39, 0.29) is 47.1 Å². The average molecular weight is 621 g/mol. The number of nitrogens with zero attached hydrogens (tertiary/aromatic N) is 1. The third-order valence-corrected chi connectivity index (χ3v) is 11.6. The Balaban J connectivity index is 1.11. The zero-order valence-corrected chi connectivity index (χ0v) is 27.2. The van der Waals surface area contributed by atoms with Crippen molar-refractivity contribution in [3.8, 4) is 11.6 Å². The fourth-order valence-corrected chi connectivity index (χ4v) is 8.47. The van der Waals surface area contributed by atoms with E-state index in [0.29, 0.717) is 35.5 Å². The number of hydrogen-bond acceptors (Lipinski definition) is 6. The van der Waals surface area contributed by atoms with Gasteiger partial charge in [-0.2, -0.15) is 0 Å². The summed E-state index contributed by atoms with van der Waals surface area (Å²) < 4.78 is 19.6. The van der Waals surface area contributed by atoms with Crippen molar-refractivity contribution < 1.29 is 23.6 Å². The van der Waals surface area contributed by atoms with E-state index in [1.165, 1.54) is 12.8 Å². The quantitative estimate of drug-likeness (QED) is 0.170. The molecule has 1 saturated heterocycles. The molecule has 1 aliphatic heterocycles. The molecule has 5 aliphatic rings. The molecule has 240 valence electrons. The number of amides is 1. The maximum absolute atomic E-state index is 14.3. The molecule has 8 rings (SSSR count). The van der Waals surface area contributed by atoms with E-state index < -0.39 is 13.0 Å². The van der Waals surface area contributed by atoms with Crippen LogP contribution in [0, 0.1) is 29.1 Å². The van der Waals surface area contributed by atoms with Crippen molar-refractivity contribution >= 4 is 18.8 Å². The summed E-state index contributed by atoms with van der Waals surface area (Å²) in [5.74, 6) is 1.29. The molecule has 2 bridgehead atoms. The third kappa shape index (κ3) is 6.02. The molecule has 6 atom stereocenters. The monoisotopic (exact) mass is 620 g/mol. The number of Topliss-reactive ketones (excluding diaryl/α,β-unsaturated/α-hetero) is 1. The van der Waals surface area contributed by atoms with Crippen molar-refractivity contribution in [1.82, 2.24) is 10.3 Å². The molecule has 4 saturated carbocycles. The average Bonchev–Trinajstić information content (AvgIpc) is 3.40. The van der Waals surface area contributed by atoms with E-state index in [1.807, 2.05) is 60.7 Å². The molecule has 1 N–H and O–H groups in total. The second kappa shape index (κ2) is 12.6. The summed E-state index contributed by atoms with van der Waals surface area (Å²) in [6.07, 6.45) is 8.67. The van der Waals surface area contributed by atoms with Crippen molar-refractivity contribution in [2.45, 2.75) is 89.8 Å². The lowest BCUT2D eigenvalue weighted by molar-refractivity contribution is -0.199. The number of ether oxygens (including phenoxy) is 1. The number of carbonyl (C=O) groups is 2. The van der Waals surface area contributed by atoms with Gasteiger partial charge < -0.3 is 19.4 Å². The second-order valence-corrected chi connectivity index (χ2v) is 14.8. The van der Waals surface area contributed by atoms with Crippen LogP contribution in [0.3, 0.4) is 0 Å². The number of benzene rings is 2. The Morgan fingerprint density at radius 3 is 2.43 bits per heavy atom. The van der Waals surface area contributed by atoms with Gasteiger partial charge in [-0.1, -0.05) is 81.6 Å². The molecule has 0 unspecified atom stereocenters. The van der Waals surface area contributed by atoms with Crippen LogP contribution in [0.4, 0.5) is 0 Å². The third-order valence-electron chi connectivity index (χ3n) is 11.6. The number of pyridine rings is 1. The van der Waals surface area contributed by atoms with E-state index in [1.54, 1.807) is 18.3 Å². The minimum absolute atomic E-state index is 0.0262. The zero-order valence-electron chi connectivity index (χ0n) is 27.2. The van der Waals surface area contributed by atoms with E-state index >= 15 is 0 Å². The lowest BCUT2D eigenvalue weighted by Crippen LogP contribution is -2.65. The van der Waals surface area contributed by atoms with Crippen molar-refractivity contribution in [2.75, 3.05) is 0 Å². The Kier molecular flexibility index (Phi) is 8.53. The normalized spacial score (nSPS) is 27.5. The summed E-state index contributed by atoms with van der Waals surface area (Å²) >= 11 is 0. The molecular formula is C38H45BN2O5. The first kappa shape index (κ1) is 31.1. The predicted molar refractivity (Wildman–Crippen MR) is 177 cm³/mol. The van der Waals surface area contributed by atoms with Crippen LogP contribution in [0.25, 0.3) is 0 Å². The first-order chi connectivity index (χ1) is 22.2. The van der Waals surface area contributed by atoms with Gasteiger partial charge in [-0.25, -0.2) is 4.98 Å². The van der Waals surface area contributed by atoms with E-state index in [4.69, 9.17) is 14.0 Å². The van der Waals surface area contributed by atoms with Crippen molar-refractivity contribution in [3.63, 3.8) is 0 Å². The molecule has 0 radical (unpaired) electrons. The molecule has 1 amide bonds. The number of para-hydroxylation sites is 1. The van der Waals surface area contributed by atoms with Crippen LogP contribution >= 0.6 is 0 Å². The van der Waals surface area contributed by atoms with Gasteiger partial charge in [0.1, 0.15) is 5.75 Å². The van der Waals surface area contributed by atoms with Crippen LogP contribution in [0.5, 0.6) is 11.6 Å². The van der Waals surface area contributed by atoms with Gasteiger partial charge in [-0.05, 0) is 85.6 Å². The zero-order chi connectivity index (χ0) is 31.9. The van der Waals surface area contributed by atoms with Gasteiger partial charge in [0.25, 0.3) is 0 Å². The van der Waals surface area contributed by atoms with Gasteiger partial charge in [0, 0.05) is 18.5 Å². The highest BCUT2D eigenvalue weighted by atomic mass is 16.7. The first-order valence-electron chi connectivity index (χ1n) is 17.1. The summed E-state index contributed by atoms with van der Waals surface area (Å²) in [6, 6.07) is 22.7. The van der Waals surface area contributed by atoms with E-state index in [9.17, 15) is 9.59 Å². The molecule has 1 aromatic heterocycles. The molecule has 0 spiro atoms. The maximum atomic E-state index is 14.3. The minimum atomic E-state index is -0.588. The van der Waals surface area contributed by atoms with Gasteiger partial charge >= 0.3 is 7.12 Å². The Labute approximate surface area is 273 Å². The topological polar surface area (TPSA) is 86.8 Å². The van der Waals surface area contributed by atoms with Gasteiger partial charge in [-0.3, -0.25) is 9.59 Å². The predicted octanol–water partition coefficient (Wildman–Crippen LogP) is 7.25. The number of aromatic nitrogens is 1. The van der Waals surface area contributed by atoms with Crippen LogP contribution in [0.2, 0.25) is 0 Å². The highest BCUT2D eigenvalue weighted by Gasteiger charge is 2.68. The van der Waals surface area contributed by atoms with Gasteiger partial charge in [0.05, 0.1) is 23.2 Å². The molecule has 8 heteroatoms. The van der Waals surface area contributed by atoms with Crippen molar-refractivity contribution in [1.29, 1.82) is 0 Å². The minimum Gasteiger partial charge on any atom is -0.438 e. The molecular weight excluding hydrogens is 575 g/mol. The second-order valence-electron chi connectivity index (χ2n) is 14.8. The van der Waals surface area contributed by atoms with Crippen LogP contribution in [-0.2, 0) is 20.5 Å². The molecule has 3 aromatic rings. The van der Waals surface area contributed by atoms with E-state index in [0.717, 1.165) is 31.2 Å². The Morgan fingerprint density at radius 1 is 1.00 bits per heavy atom. The SMILES string of the molecule is CC1(C)[C@@H]2C[C@H]3OB([C@H](CC4CCC4)NC(=O)[C@@H](CC(=O)c4cccnc4Oc4ccccc4)Cc4ccccc4)O[C@@]3(C)[C@H]1C2. The van der Waals surface area contributed by atoms with Crippen LogP contribution in [-0.4, -0.2) is 41.4 Å². The van der Waals surface area contributed by atoms with Gasteiger partial charge in [0.15, 0.2) is 5.78 Å². The summed E-state index contributed by atoms with van der Waals surface area (Å²) in [4.78, 5) is 32.6. The lowest BCUT2D eigenvalue weighted by Gasteiger charge is -2.64. The lowest BCUT2D eigenvalue weighted by atomic mass is 9.43. The number of nitrogens with one attached hydrogen (secondary N) is 1.